The van der Waals surface area contributed by atoms with E-state index in [9.17, 15) is 8.42 Å². The Hall–Kier alpha value is -2.94. The average Bonchev–Trinajstić information content (AvgIpc) is 3.16. The molecular weight excluding hydrogens is 545 g/mol. The molecule has 0 saturated heterocycles. The zero-order valence-corrected chi connectivity index (χ0v) is 24.5. The normalized spacial score (nSPS) is 12.5. The third-order valence-corrected chi connectivity index (χ3v) is 7.71. The second-order valence-electron chi connectivity index (χ2n) is 11.0. The summed E-state index contributed by atoms with van der Waals surface area (Å²) in [4.78, 5) is 4.64. The van der Waals surface area contributed by atoms with Crippen molar-refractivity contribution in [2.24, 2.45) is 5.41 Å². The van der Waals surface area contributed by atoms with Crippen LogP contribution in [0.1, 0.15) is 41.0 Å². The van der Waals surface area contributed by atoms with Crippen molar-refractivity contribution < 1.29 is 17.3 Å². The number of anilines is 1. The molecule has 0 aliphatic carbocycles. The van der Waals surface area contributed by atoms with Crippen LogP contribution < -0.4 is 14.2 Å². The minimum atomic E-state index is -4.28. The van der Waals surface area contributed by atoms with Crippen molar-refractivity contribution >= 4 is 44.8 Å². The van der Waals surface area contributed by atoms with Crippen molar-refractivity contribution in [3.63, 3.8) is 0 Å². The topological polar surface area (TPSA) is 81.9 Å². The summed E-state index contributed by atoms with van der Waals surface area (Å²) in [6.45, 7) is 10.9. The molecule has 2 aromatic heterocycles. The summed E-state index contributed by atoms with van der Waals surface area (Å²) in [6, 6.07) is 14.9. The van der Waals surface area contributed by atoms with Gasteiger partial charge in [0.1, 0.15) is 22.1 Å². The summed E-state index contributed by atoms with van der Waals surface area (Å²) < 4.78 is 38.9. The molecule has 2 heterocycles. The van der Waals surface area contributed by atoms with Crippen LogP contribution in [0.25, 0.3) is 16.9 Å². The van der Waals surface area contributed by atoms with Gasteiger partial charge in [-0.2, -0.15) is 8.42 Å². The van der Waals surface area contributed by atoms with Gasteiger partial charge in [0.25, 0.3) is 0 Å². The maximum Gasteiger partial charge on any atom is 0.340 e. The molecule has 0 aliphatic heterocycles. The number of nitrogens with zero attached hydrogens (tertiary/aromatic N) is 2. The molecule has 10 heteroatoms. The summed E-state index contributed by atoms with van der Waals surface area (Å²) in [5.74, 6) is 1.06. The molecule has 202 valence electrons. The van der Waals surface area contributed by atoms with Crippen LogP contribution in [0, 0.1) is 5.41 Å². The molecule has 0 aliphatic rings. The van der Waals surface area contributed by atoms with E-state index in [1.165, 1.54) is 31.4 Å². The lowest BCUT2D eigenvalue weighted by molar-refractivity contribution is 0.302. The first-order valence-electron chi connectivity index (χ1n) is 12.0. The van der Waals surface area contributed by atoms with Gasteiger partial charge in [0, 0.05) is 22.3 Å². The zero-order chi connectivity index (χ0) is 27.9. The van der Waals surface area contributed by atoms with E-state index in [1.54, 1.807) is 12.1 Å². The van der Waals surface area contributed by atoms with Gasteiger partial charge in [-0.3, -0.25) is 4.40 Å². The Kier molecular flexibility index (Phi) is 7.63. The standard InChI is InChI=1S/C28H31Cl2N3O4S/c1-27(2,3)17-28(4,5)32-26-25(31-24-9-7-8-14-33(24)26)18-10-13-21(22(15-18)36-6)37-38(34,35)23-16-19(29)11-12-20(23)30/h7-16,32H,17H2,1-6H3. The van der Waals surface area contributed by atoms with Gasteiger partial charge in [0.05, 0.1) is 12.1 Å². The first kappa shape index (κ1) is 28.1. The number of ether oxygens (including phenoxy) is 1. The van der Waals surface area contributed by atoms with E-state index < -0.39 is 10.1 Å². The first-order chi connectivity index (χ1) is 17.7. The number of benzene rings is 2. The Labute approximate surface area is 233 Å². The van der Waals surface area contributed by atoms with Crippen LogP contribution in [0.5, 0.6) is 11.5 Å². The zero-order valence-electron chi connectivity index (χ0n) is 22.2. The number of fused-ring (bicyclic) bond motifs is 1. The predicted molar refractivity (Wildman–Crippen MR) is 153 cm³/mol. The van der Waals surface area contributed by atoms with Crippen LogP contribution in [0.3, 0.4) is 0 Å². The SMILES string of the molecule is COc1cc(-c2nc3ccccn3c2NC(C)(C)CC(C)(C)C)ccc1OS(=O)(=O)c1cc(Cl)ccc1Cl. The largest absolute Gasteiger partial charge is 0.493 e. The molecule has 4 aromatic rings. The van der Waals surface area contributed by atoms with E-state index in [0.717, 1.165) is 23.4 Å². The fraction of sp³-hybridized carbons (Fsp3) is 0.321. The molecule has 0 unspecified atom stereocenters. The number of pyridine rings is 1. The van der Waals surface area contributed by atoms with Crippen LogP contribution >= 0.6 is 23.2 Å². The van der Waals surface area contributed by atoms with E-state index >= 15 is 0 Å². The Balaban J connectivity index is 1.76. The number of hydrogen-bond acceptors (Lipinski definition) is 6. The van der Waals surface area contributed by atoms with E-state index in [-0.39, 0.29) is 37.4 Å². The third kappa shape index (κ3) is 6.20. The summed E-state index contributed by atoms with van der Waals surface area (Å²) in [5.41, 5.74) is 2.07. The molecule has 0 fully saturated rings. The number of hydrogen-bond donors (Lipinski definition) is 1. The summed E-state index contributed by atoms with van der Waals surface area (Å²) >= 11 is 12.1. The third-order valence-electron chi connectivity index (χ3n) is 5.76. The van der Waals surface area contributed by atoms with Gasteiger partial charge in [-0.05, 0) is 74.2 Å². The molecule has 7 nitrogen and oxygen atoms in total. The number of imidazole rings is 1. The fourth-order valence-corrected chi connectivity index (χ4v) is 6.40. The highest BCUT2D eigenvalue weighted by Gasteiger charge is 2.29. The molecule has 0 amide bonds. The molecule has 2 aromatic carbocycles. The predicted octanol–water partition coefficient (Wildman–Crippen LogP) is 7.71. The number of rotatable bonds is 8. The molecule has 0 atom stereocenters. The molecule has 0 radical (unpaired) electrons. The van der Waals surface area contributed by atoms with E-state index in [2.05, 4.69) is 39.9 Å². The Bertz CT molecular complexity index is 1590. The maximum absolute atomic E-state index is 13.0. The second kappa shape index (κ2) is 10.3. The minimum Gasteiger partial charge on any atom is -0.493 e. The van der Waals surface area contributed by atoms with Gasteiger partial charge < -0.3 is 14.2 Å². The average molecular weight is 577 g/mol. The van der Waals surface area contributed by atoms with E-state index in [0.29, 0.717) is 5.69 Å². The molecule has 0 bridgehead atoms. The van der Waals surface area contributed by atoms with Crippen LogP contribution in [0.15, 0.2) is 65.7 Å². The molecule has 4 rings (SSSR count). The number of methoxy groups -OCH3 is 1. The van der Waals surface area contributed by atoms with Crippen LogP contribution in [-0.2, 0) is 10.1 Å². The Morgan fingerprint density at radius 1 is 0.974 bits per heavy atom. The van der Waals surface area contributed by atoms with Crippen molar-refractivity contribution in [1.82, 2.24) is 9.38 Å². The maximum atomic E-state index is 13.0. The highest BCUT2D eigenvalue weighted by molar-refractivity contribution is 7.87. The lowest BCUT2D eigenvalue weighted by Gasteiger charge is -2.34. The quantitative estimate of drug-likeness (QED) is 0.217. The number of aromatic nitrogens is 2. The molecule has 38 heavy (non-hydrogen) atoms. The fourth-order valence-electron chi connectivity index (χ4n) is 4.72. The van der Waals surface area contributed by atoms with Gasteiger partial charge in [0.15, 0.2) is 11.5 Å². The number of halogens is 2. The summed E-state index contributed by atoms with van der Waals surface area (Å²) in [5, 5.41) is 3.92. The monoisotopic (exact) mass is 575 g/mol. The van der Waals surface area contributed by atoms with Crippen molar-refractivity contribution in [3.8, 4) is 22.8 Å². The summed E-state index contributed by atoms with van der Waals surface area (Å²) in [7, 11) is -2.83. The van der Waals surface area contributed by atoms with Gasteiger partial charge in [-0.15, -0.1) is 0 Å². The van der Waals surface area contributed by atoms with Gasteiger partial charge in [0.2, 0.25) is 0 Å². The van der Waals surface area contributed by atoms with E-state index in [1.807, 2.05) is 28.8 Å². The second-order valence-corrected chi connectivity index (χ2v) is 13.3. The highest BCUT2D eigenvalue weighted by atomic mass is 35.5. The van der Waals surface area contributed by atoms with Crippen LogP contribution in [-0.4, -0.2) is 30.5 Å². The van der Waals surface area contributed by atoms with Gasteiger partial charge in [-0.25, -0.2) is 4.98 Å². The Morgan fingerprint density at radius 3 is 2.39 bits per heavy atom. The molecule has 1 N–H and O–H groups in total. The minimum absolute atomic E-state index is 0.00303. The van der Waals surface area contributed by atoms with Gasteiger partial charge in [-0.1, -0.05) is 50.0 Å². The molecule has 0 spiro atoms. The highest BCUT2D eigenvalue weighted by Crippen LogP contribution is 2.39. The van der Waals surface area contributed by atoms with E-state index in [4.69, 9.17) is 37.1 Å². The van der Waals surface area contributed by atoms with Crippen molar-refractivity contribution in [2.75, 3.05) is 12.4 Å². The smallest absolute Gasteiger partial charge is 0.340 e. The lowest BCUT2D eigenvalue weighted by Crippen LogP contribution is -2.36. The van der Waals surface area contributed by atoms with Crippen molar-refractivity contribution in [3.05, 3.63) is 70.8 Å². The lowest BCUT2D eigenvalue weighted by atomic mass is 9.82. The van der Waals surface area contributed by atoms with Crippen LogP contribution in [0.2, 0.25) is 10.0 Å². The van der Waals surface area contributed by atoms with Gasteiger partial charge >= 0.3 is 10.1 Å². The summed E-state index contributed by atoms with van der Waals surface area (Å²) in [6.07, 6.45) is 2.87. The molecule has 0 saturated carbocycles. The Morgan fingerprint density at radius 2 is 1.71 bits per heavy atom. The first-order valence-corrected chi connectivity index (χ1v) is 14.2. The van der Waals surface area contributed by atoms with Crippen molar-refractivity contribution in [2.45, 2.75) is 51.5 Å². The van der Waals surface area contributed by atoms with Crippen molar-refractivity contribution in [1.29, 1.82) is 0 Å². The number of nitrogens with one attached hydrogen (secondary N) is 1. The van der Waals surface area contributed by atoms with Crippen LogP contribution in [0.4, 0.5) is 5.82 Å². The molecular formula is C28H31Cl2N3O4S.